The summed E-state index contributed by atoms with van der Waals surface area (Å²) < 4.78 is 0. The molecule has 83 heavy (non-hydrogen) atoms. The number of aliphatic carboxylic acids is 1. The predicted octanol–water partition coefficient (Wildman–Crippen LogP) is 6.26. The van der Waals surface area contributed by atoms with Crippen molar-refractivity contribution in [1.82, 2.24) is 0 Å². The fraction of sp³-hybridized carbons (Fsp3) is 0.554. The van der Waals surface area contributed by atoms with Crippen molar-refractivity contribution in [1.29, 1.82) is 0 Å². The van der Waals surface area contributed by atoms with Crippen molar-refractivity contribution >= 4 is 17.7 Å². The first kappa shape index (κ1) is 79.6. The Labute approximate surface area is 494 Å². The summed E-state index contributed by atoms with van der Waals surface area (Å²) >= 11 is 0. The highest BCUT2D eigenvalue weighted by Crippen LogP contribution is 2.20. The van der Waals surface area contributed by atoms with E-state index in [0.717, 1.165) is 12.8 Å². The molecular formula is C65H105N3O15. The number of nitrogens with zero attached hydrogens (tertiary/aromatic N) is 1. The van der Waals surface area contributed by atoms with Crippen LogP contribution >= 0.6 is 0 Å². The van der Waals surface area contributed by atoms with E-state index >= 15 is 0 Å². The number of ketones is 1. The van der Waals surface area contributed by atoms with E-state index in [1.807, 2.05) is 106 Å². The summed E-state index contributed by atoms with van der Waals surface area (Å²) in [5.74, 6) is -1.74. The minimum atomic E-state index is -0.981. The summed E-state index contributed by atoms with van der Waals surface area (Å²) in [6, 6.07) is 0. The van der Waals surface area contributed by atoms with Crippen LogP contribution in [0.5, 0.6) is 0 Å². The zero-order valence-corrected chi connectivity index (χ0v) is 49.9. The van der Waals surface area contributed by atoms with Crippen LogP contribution in [-0.2, 0) is 9.59 Å². The number of hydrogen-bond donors (Lipinski definition) is 15. The second-order valence-electron chi connectivity index (χ2n) is 20.9. The number of aliphatic imine (C=N–C) groups is 1. The van der Waals surface area contributed by atoms with Crippen molar-refractivity contribution in [3.8, 4) is 0 Å². The number of carbonyl (C=O) groups excluding carboxylic acids is 1. The molecular weight excluding hydrogens is 1060 g/mol. The predicted molar refractivity (Wildman–Crippen MR) is 332 cm³/mol. The number of carboxylic acid groups (broad SMARTS) is 1. The van der Waals surface area contributed by atoms with Crippen molar-refractivity contribution in [3.63, 3.8) is 0 Å². The molecule has 18 heteroatoms. The van der Waals surface area contributed by atoms with E-state index < -0.39 is 79.2 Å². The second kappa shape index (κ2) is 51.0. The number of rotatable bonds is 44. The number of aliphatic hydroxyl groups is 12. The first-order chi connectivity index (χ1) is 39.3. The molecule has 15 unspecified atom stereocenters. The number of unbranched alkanes of at least 4 members (excludes halogenated alkanes) is 1. The standard InChI is InChI=1S/C36H50O6.C29H55N3O9/c1-28(24-20-16-12-11-13-17-21-25-29(2)36(41)42)35(40)31(4)34(39)27-23-19-15-10-8-6-7-9-14-18-22-26-33(38)30(3)32(5)37;1-2-20(33)15-21(34)7-3-11-25(38)18-28(41)19-26(39)12-5-10-23(36)16-22(35)8-4-9-24(37)17-27(40)13-6-14-32-29(30)31/h6-11,13-15,17-25,27-28,30-31,33-35,38-40H,12,16,26H2,1-5H3,(H,41,42);3-5,7-8,12,20-28,33-41H,2,6,9-11,13-19H2,1H3,(H4,30,31,32)/b7-6+,10-8+,13-11+,14-9+,19-15+,21-17+,22-18+,24-20+,27-23+,29-25+;7-3+,8-4+,12-5+. The van der Waals surface area contributed by atoms with E-state index in [4.69, 9.17) is 16.6 Å². The van der Waals surface area contributed by atoms with Crippen LogP contribution in [0.1, 0.15) is 131 Å². The molecule has 0 aromatic carbocycles. The van der Waals surface area contributed by atoms with E-state index in [-0.39, 0.29) is 86.4 Å². The summed E-state index contributed by atoms with van der Waals surface area (Å²) in [5, 5.41) is 129. The van der Waals surface area contributed by atoms with E-state index in [2.05, 4.69) is 4.99 Å². The molecule has 470 valence electrons. The molecule has 0 aliphatic heterocycles. The summed E-state index contributed by atoms with van der Waals surface area (Å²) in [4.78, 5) is 25.8. The van der Waals surface area contributed by atoms with Crippen molar-refractivity contribution in [2.24, 2.45) is 34.2 Å². The number of aliphatic hydroxyl groups excluding tert-OH is 12. The van der Waals surface area contributed by atoms with Crippen LogP contribution in [-0.4, -0.2) is 164 Å². The van der Waals surface area contributed by atoms with Gasteiger partial charge < -0.3 is 77.9 Å². The number of guanidine groups is 1. The van der Waals surface area contributed by atoms with E-state index in [9.17, 15) is 70.9 Å². The van der Waals surface area contributed by atoms with Gasteiger partial charge in [-0.05, 0) is 84.5 Å². The molecule has 0 aromatic rings. The average molecular weight is 1170 g/mol. The van der Waals surface area contributed by atoms with Crippen LogP contribution in [0.3, 0.4) is 0 Å². The maximum atomic E-state index is 11.2. The number of nitrogens with two attached hydrogens (primary N) is 2. The molecule has 0 fully saturated rings. The van der Waals surface area contributed by atoms with Gasteiger partial charge in [0, 0.05) is 49.1 Å². The molecule has 0 radical (unpaired) electrons. The quantitative estimate of drug-likeness (QED) is 0.00799. The van der Waals surface area contributed by atoms with Crippen LogP contribution < -0.4 is 11.5 Å². The number of Topliss-reactive ketones (excluding diaryl/α,β-unsaturated/α-hetero) is 1. The first-order valence-electron chi connectivity index (χ1n) is 28.9. The third kappa shape index (κ3) is 48.6. The lowest BCUT2D eigenvalue weighted by Crippen LogP contribution is -2.32. The molecule has 0 aromatic heterocycles. The van der Waals surface area contributed by atoms with Crippen LogP contribution in [0, 0.1) is 17.8 Å². The first-order valence-corrected chi connectivity index (χ1v) is 28.9. The highest BCUT2D eigenvalue weighted by molar-refractivity contribution is 5.86. The molecule has 0 aliphatic carbocycles. The Balaban J connectivity index is 0. The fourth-order valence-corrected chi connectivity index (χ4v) is 7.53. The third-order valence-corrected chi connectivity index (χ3v) is 13.0. The van der Waals surface area contributed by atoms with E-state index in [0.29, 0.717) is 32.2 Å². The van der Waals surface area contributed by atoms with Crippen LogP contribution in [0.4, 0.5) is 0 Å². The Bertz CT molecular complexity index is 2140. The molecule has 0 spiro atoms. The van der Waals surface area contributed by atoms with Crippen LogP contribution in [0.15, 0.2) is 162 Å². The Morgan fingerprint density at radius 3 is 1.43 bits per heavy atom. The van der Waals surface area contributed by atoms with Gasteiger partial charge in [-0.2, -0.15) is 0 Å². The van der Waals surface area contributed by atoms with Gasteiger partial charge in [-0.25, -0.2) is 4.79 Å². The Morgan fingerprint density at radius 1 is 0.482 bits per heavy atom. The second-order valence-corrected chi connectivity index (χ2v) is 20.9. The third-order valence-electron chi connectivity index (χ3n) is 13.0. The zero-order chi connectivity index (χ0) is 63.0. The molecule has 17 N–H and O–H groups in total. The number of carbonyl (C=O) groups is 2. The minimum absolute atomic E-state index is 0.00264. The molecule has 18 nitrogen and oxygen atoms in total. The molecule has 0 saturated heterocycles. The lowest BCUT2D eigenvalue weighted by atomic mass is 9.88. The Morgan fingerprint density at radius 2 is 0.928 bits per heavy atom. The highest BCUT2D eigenvalue weighted by Gasteiger charge is 2.24. The molecule has 0 amide bonds. The number of carboxylic acids is 1. The van der Waals surface area contributed by atoms with Gasteiger partial charge in [0.15, 0.2) is 5.96 Å². The normalized spacial score (nSPS) is 18.7. The largest absolute Gasteiger partial charge is 0.478 e. The summed E-state index contributed by atoms with van der Waals surface area (Å²) in [5.41, 5.74) is 10.8. The van der Waals surface area contributed by atoms with Crippen molar-refractivity contribution < 1.29 is 76.0 Å². The van der Waals surface area contributed by atoms with Gasteiger partial charge in [0.1, 0.15) is 5.78 Å². The molecule has 0 aliphatic rings. The van der Waals surface area contributed by atoms with E-state index in [1.54, 1.807) is 62.5 Å². The van der Waals surface area contributed by atoms with Gasteiger partial charge in [0.25, 0.3) is 0 Å². The monoisotopic (exact) mass is 1170 g/mol. The zero-order valence-electron chi connectivity index (χ0n) is 49.9. The van der Waals surface area contributed by atoms with Crippen molar-refractivity contribution in [2.45, 2.75) is 205 Å². The maximum Gasteiger partial charge on any atom is 0.331 e. The van der Waals surface area contributed by atoms with Gasteiger partial charge in [0.05, 0.1) is 73.2 Å². The smallest absolute Gasteiger partial charge is 0.331 e. The summed E-state index contributed by atoms with van der Waals surface area (Å²) in [6.45, 7) is 10.7. The molecule has 0 saturated carbocycles. The lowest BCUT2D eigenvalue weighted by Gasteiger charge is -2.25. The number of allylic oxidation sites excluding steroid dienone is 16. The Kier molecular flexibility index (Phi) is 48.9. The molecule has 0 bridgehead atoms. The van der Waals surface area contributed by atoms with Crippen LogP contribution in [0.2, 0.25) is 0 Å². The van der Waals surface area contributed by atoms with Gasteiger partial charge >= 0.3 is 5.97 Å². The topological polar surface area (TPSA) is 362 Å². The molecule has 0 heterocycles. The highest BCUT2D eigenvalue weighted by atomic mass is 16.4. The SMILES string of the molecule is CC(=O)C(C)C(O)C/C=C/C=C/C=C/C=C/C=C/C=C/C(O)C(C)C(O)C(C)/C=C/CC/C=C/C=C/C=C(\C)C(=O)O.CCC(O)CC(O)/C=C/CC(O)CC(O)CC(O)/C=C/CC(O)CC(O)/C=C/CC(O)CC(O)CCCN=C(N)N. The van der Waals surface area contributed by atoms with Gasteiger partial charge in [-0.1, -0.05) is 180 Å². The Hall–Kier alpha value is -5.45. The van der Waals surface area contributed by atoms with Crippen molar-refractivity contribution in [2.75, 3.05) is 6.54 Å². The van der Waals surface area contributed by atoms with Crippen LogP contribution in [0.25, 0.3) is 0 Å². The van der Waals surface area contributed by atoms with Crippen molar-refractivity contribution in [3.05, 3.63) is 157 Å². The van der Waals surface area contributed by atoms with Gasteiger partial charge in [-0.15, -0.1) is 0 Å². The minimum Gasteiger partial charge on any atom is -0.478 e. The van der Waals surface area contributed by atoms with Gasteiger partial charge in [0.2, 0.25) is 0 Å². The fourth-order valence-electron chi connectivity index (χ4n) is 7.53. The molecule has 15 atom stereocenters. The number of hydrogen-bond acceptors (Lipinski definition) is 15. The average Bonchev–Trinajstić information content (AvgIpc) is 3.41. The van der Waals surface area contributed by atoms with Gasteiger partial charge in [-0.3, -0.25) is 9.79 Å². The van der Waals surface area contributed by atoms with E-state index in [1.165, 1.54) is 25.2 Å². The summed E-state index contributed by atoms with van der Waals surface area (Å²) in [6.07, 6.45) is 39.2. The maximum absolute atomic E-state index is 11.2. The molecule has 0 rings (SSSR count). The lowest BCUT2D eigenvalue weighted by molar-refractivity contribution is -0.132. The summed E-state index contributed by atoms with van der Waals surface area (Å²) in [7, 11) is 0.